The van der Waals surface area contributed by atoms with E-state index < -0.39 is 0 Å². The predicted octanol–water partition coefficient (Wildman–Crippen LogP) is 2.60. The van der Waals surface area contributed by atoms with Crippen LogP contribution in [0.4, 0.5) is 5.95 Å². The van der Waals surface area contributed by atoms with Crippen LogP contribution in [0, 0.1) is 0 Å². The summed E-state index contributed by atoms with van der Waals surface area (Å²) >= 11 is 1.49. The fourth-order valence-corrected chi connectivity index (χ4v) is 3.48. The topological polar surface area (TPSA) is 72.9 Å². The van der Waals surface area contributed by atoms with Gasteiger partial charge in [0.1, 0.15) is 4.83 Å². The van der Waals surface area contributed by atoms with Gasteiger partial charge >= 0.3 is 0 Å². The van der Waals surface area contributed by atoms with Crippen molar-refractivity contribution in [2.24, 2.45) is 12.8 Å². The van der Waals surface area contributed by atoms with Crippen molar-refractivity contribution in [3.63, 3.8) is 0 Å². The number of nitrogens with two attached hydrogens (primary N) is 1. The number of thiophene rings is 1. The zero-order valence-corrected chi connectivity index (χ0v) is 14.1. The van der Waals surface area contributed by atoms with E-state index in [1.54, 1.807) is 11.6 Å². The van der Waals surface area contributed by atoms with Gasteiger partial charge in [-0.15, -0.1) is 11.3 Å². The lowest BCUT2D eigenvalue weighted by Crippen LogP contribution is -2.24. The molecule has 5 nitrogen and oxygen atoms in total. The van der Waals surface area contributed by atoms with E-state index in [4.69, 9.17) is 5.73 Å². The van der Waals surface area contributed by atoms with Gasteiger partial charge in [0.05, 0.1) is 5.39 Å². The summed E-state index contributed by atoms with van der Waals surface area (Å²) in [6.07, 6.45) is 1.00. The maximum Gasteiger partial charge on any atom is 0.264 e. The van der Waals surface area contributed by atoms with Gasteiger partial charge in [-0.05, 0) is 17.5 Å². The number of anilines is 1. The molecule has 0 atom stereocenters. The molecule has 23 heavy (non-hydrogen) atoms. The molecular weight excluding hydrogens is 308 g/mol. The molecule has 0 spiro atoms. The monoisotopic (exact) mass is 328 g/mol. The van der Waals surface area contributed by atoms with Gasteiger partial charge in [0.25, 0.3) is 5.56 Å². The van der Waals surface area contributed by atoms with Crippen molar-refractivity contribution in [1.82, 2.24) is 9.55 Å². The van der Waals surface area contributed by atoms with Crippen LogP contribution in [-0.4, -0.2) is 22.6 Å². The summed E-state index contributed by atoms with van der Waals surface area (Å²) in [5.41, 5.74) is 8.75. The van der Waals surface area contributed by atoms with Gasteiger partial charge in [-0.2, -0.15) is 0 Å². The molecule has 0 aliphatic heterocycles. The number of aromatic nitrogens is 2. The second-order valence-corrected chi connectivity index (χ2v) is 6.25. The molecule has 3 N–H and O–H groups in total. The molecule has 0 unspecified atom stereocenters. The second-order valence-electron chi connectivity index (χ2n) is 5.40. The zero-order valence-electron chi connectivity index (χ0n) is 13.3. The van der Waals surface area contributed by atoms with Gasteiger partial charge in [0, 0.05) is 31.1 Å². The van der Waals surface area contributed by atoms with E-state index in [0.717, 1.165) is 22.4 Å². The van der Waals surface area contributed by atoms with Gasteiger partial charge < -0.3 is 11.1 Å². The minimum atomic E-state index is -0.0367. The molecule has 0 aliphatic carbocycles. The molecule has 0 saturated carbocycles. The Hall–Kier alpha value is -2.18. The average Bonchev–Trinajstić information content (AvgIpc) is 3.01. The molecule has 0 saturated heterocycles. The molecule has 0 fully saturated rings. The minimum absolute atomic E-state index is 0.0367. The molecule has 120 valence electrons. The maximum absolute atomic E-state index is 12.7. The Labute approximate surface area is 138 Å². The largest absolute Gasteiger partial charge is 0.354 e. The molecule has 0 radical (unpaired) electrons. The van der Waals surface area contributed by atoms with Crippen LogP contribution >= 0.6 is 11.3 Å². The number of benzene rings is 1. The van der Waals surface area contributed by atoms with E-state index in [1.807, 2.05) is 5.38 Å². The number of hydrogen-bond acceptors (Lipinski definition) is 5. The Morgan fingerprint density at radius 3 is 2.70 bits per heavy atom. The van der Waals surface area contributed by atoms with Crippen LogP contribution in [0.1, 0.15) is 12.5 Å². The third-order valence-corrected chi connectivity index (χ3v) is 4.79. The van der Waals surface area contributed by atoms with Gasteiger partial charge in [0.2, 0.25) is 5.95 Å². The Bertz CT molecular complexity index is 880. The molecule has 0 aliphatic rings. The highest BCUT2D eigenvalue weighted by Gasteiger charge is 2.15. The molecule has 0 bridgehead atoms. The first-order valence-electron chi connectivity index (χ1n) is 7.67. The molecule has 3 rings (SSSR count). The third-order valence-electron chi connectivity index (χ3n) is 3.92. The summed E-state index contributed by atoms with van der Waals surface area (Å²) in [7, 11) is 1.73. The smallest absolute Gasteiger partial charge is 0.264 e. The second kappa shape index (κ2) is 6.52. The average molecular weight is 328 g/mol. The molecule has 3 aromatic rings. The van der Waals surface area contributed by atoms with Gasteiger partial charge in [-0.3, -0.25) is 9.36 Å². The minimum Gasteiger partial charge on any atom is -0.354 e. The Kier molecular flexibility index (Phi) is 4.45. The first-order valence-corrected chi connectivity index (χ1v) is 8.55. The summed E-state index contributed by atoms with van der Waals surface area (Å²) in [5.74, 6) is 0.558. The van der Waals surface area contributed by atoms with Crippen LogP contribution in [0.2, 0.25) is 0 Å². The maximum atomic E-state index is 12.7. The Morgan fingerprint density at radius 1 is 1.30 bits per heavy atom. The molecule has 2 heterocycles. The van der Waals surface area contributed by atoms with Crippen LogP contribution < -0.4 is 16.6 Å². The Morgan fingerprint density at radius 2 is 2.04 bits per heavy atom. The summed E-state index contributed by atoms with van der Waals surface area (Å²) in [5, 5.41) is 5.78. The van der Waals surface area contributed by atoms with E-state index >= 15 is 0 Å². The number of fused-ring (bicyclic) bond motifs is 1. The highest BCUT2D eigenvalue weighted by atomic mass is 32.1. The number of nitrogens with one attached hydrogen (secondary N) is 1. The fraction of sp³-hybridized carbons (Fsp3) is 0.294. The zero-order chi connectivity index (χ0) is 16.4. The summed E-state index contributed by atoms with van der Waals surface area (Å²) in [6, 6.07) is 8.35. The SMILES string of the molecule is CCc1ccc(-c2csc3nc(NCCN)n(C)c(=O)c23)cc1. The highest BCUT2D eigenvalue weighted by Crippen LogP contribution is 2.31. The molecular formula is C17H20N4OS. The third kappa shape index (κ3) is 2.87. The standard InChI is InChI=1S/C17H20N4OS/c1-3-11-4-6-12(7-5-11)13-10-23-15-14(13)16(22)21(2)17(20-15)19-9-8-18/h4-7,10H,3,8-9,18H2,1-2H3,(H,19,20). The van der Waals surface area contributed by atoms with Crippen molar-refractivity contribution in [1.29, 1.82) is 0 Å². The van der Waals surface area contributed by atoms with E-state index in [-0.39, 0.29) is 5.56 Å². The molecule has 2 aromatic heterocycles. The highest BCUT2D eigenvalue weighted by molar-refractivity contribution is 7.17. The predicted molar refractivity (Wildman–Crippen MR) is 97.2 cm³/mol. The quantitative estimate of drug-likeness (QED) is 0.755. The fourth-order valence-electron chi connectivity index (χ4n) is 2.55. The molecule has 6 heteroatoms. The molecule has 0 amide bonds. The van der Waals surface area contributed by atoms with E-state index in [2.05, 4.69) is 41.5 Å². The number of hydrogen-bond donors (Lipinski definition) is 2. The van der Waals surface area contributed by atoms with Crippen LogP contribution in [0.25, 0.3) is 21.3 Å². The lowest BCUT2D eigenvalue weighted by molar-refractivity contribution is 0.837. The normalized spacial score (nSPS) is 11.1. The van der Waals surface area contributed by atoms with Crippen molar-refractivity contribution in [3.05, 3.63) is 45.6 Å². The van der Waals surface area contributed by atoms with Crippen molar-refractivity contribution in [2.75, 3.05) is 18.4 Å². The van der Waals surface area contributed by atoms with Crippen LogP contribution in [0.3, 0.4) is 0 Å². The molecule has 1 aromatic carbocycles. The van der Waals surface area contributed by atoms with E-state index in [0.29, 0.717) is 24.4 Å². The first kappa shape index (κ1) is 15.7. The van der Waals surface area contributed by atoms with Crippen molar-refractivity contribution in [2.45, 2.75) is 13.3 Å². The summed E-state index contributed by atoms with van der Waals surface area (Å²) < 4.78 is 1.55. The van der Waals surface area contributed by atoms with Crippen LogP contribution in [-0.2, 0) is 13.5 Å². The summed E-state index contributed by atoms with van der Waals surface area (Å²) in [4.78, 5) is 18.1. The number of aryl methyl sites for hydroxylation is 1. The van der Waals surface area contributed by atoms with Gasteiger partial charge in [-0.1, -0.05) is 31.2 Å². The Balaban J connectivity index is 2.12. The van der Waals surface area contributed by atoms with Gasteiger partial charge in [0.15, 0.2) is 0 Å². The first-order chi connectivity index (χ1) is 11.2. The number of rotatable bonds is 5. The van der Waals surface area contributed by atoms with Crippen LogP contribution in [0.5, 0.6) is 0 Å². The van der Waals surface area contributed by atoms with Crippen molar-refractivity contribution < 1.29 is 0 Å². The lowest BCUT2D eigenvalue weighted by atomic mass is 10.0. The van der Waals surface area contributed by atoms with Crippen LogP contribution in [0.15, 0.2) is 34.4 Å². The van der Waals surface area contributed by atoms with Crippen molar-refractivity contribution >= 4 is 27.5 Å². The van der Waals surface area contributed by atoms with E-state index in [1.165, 1.54) is 16.9 Å². The summed E-state index contributed by atoms with van der Waals surface area (Å²) in [6.45, 7) is 3.21. The lowest BCUT2D eigenvalue weighted by Gasteiger charge is -2.09. The van der Waals surface area contributed by atoms with Gasteiger partial charge in [-0.25, -0.2) is 4.98 Å². The van der Waals surface area contributed by atoms with E-state index in [9.17, 15) is 4.79 Å². The number of nitrogens with zero attached hydrogens (tertiary/aromatic N) is 2. The van der Waals surface area contributed by atoms with Crippen molar-refractivity contribution in [3.8, 4) is 11.1 Å².